The Hall–Kier alpha value is -2.76. The molecule has 1 aromatic carbocycles. The molecule has 0 spiro atoms. The first-order chi connectivity index (χ1) is 9.13. The highest BCUT2D eigenvalue weighted by Gasteiger charge is 2.14. The second kappa shape index (κ2) is 4.16. The summed E-state index contributed by atoms with van der Waals surface area (Å²) in [5, 5.41) is 3.36. The van der Waals surface area contributed by atoms with Crippen molar-refractivity contribution in [2.75, 3.05) is 11.1 Å². The molecule has 0 aliphatic carbocycles. The van der Waals surface area contributed by atoms with Crippen LogP contribution in [-0.4, -0.2) is 15.9 Å². The summed E-state index contributed by atoms with van der Waals surface area (Å²) in [5.74, 6) is -0.293. The monoisotopic (exact) mass is 256 g/mol. The number of aromatic amines is 1. The molecular weight excluding hydrogens is 244 g/mol. The lowest BCUT2D eigenvalue weighted by molar-refractivity contribution is 0.102. The maximum Gasteiger partial charge on any atom is 0.301 e. The van der Waals surface area contributed by atoms with Gasteiger partial charge in [-0.3, -0.25) is 10.1 Å². The van der Waals surface area contributed by atoms with Gasteiger partial charge in [-0.25, -0.2) is 0 Å². The Morgan fingerprint density at radius 2 is 2.32 bits per heavy atom. The van der Waals surface area contributed by atoms with E-state index in [9.17, 15) is 4.79 Å². The number of amides is 1. The minimum absolute atomic E-state index is 0.181. The van der Waals surface area contributed by atoms with E-state index >= 15 is 0 Å². The zero-order valence-corrected chi connectivity index (χ0v) is 10.2. The summed E-state index contributed by atoms with van der Waals surface area (Å²) in [7, 11) is 0. The maximum absolute atomic E-state index is 12.1. The van der Waals surface area contributed by atoms with E-state index in [4.69, 9.17) is 10.2 Å². The molecule has 0 atom stereocenters. The summed E-state index contributed by atoms with van der Waals surface area (Å²) >= 11 is 0. The molecule has 96 valence electrons. The Balaban J connectivity index is 1.95. The molecule has 0 bridgehead atoms. The molecular formula is C13H12N4O2. The summed E-state index contributed by atoms with van der Waals surface area (Å²) < 4.78 is 5.09. The van der Waals surface area contributed by atoms with Gasteiger partial charge in [0.1, 0.15) is 6.26 Å². The highest BCUT2D eigenvalue weighted by Crippen LogP contribution is 2.21. The molecule has 3 aromatic rings. The first-order valence-corrected chi connectivity index (χ1v) is 5.73. The molecule has 0 radical (unpaired) electrons. The Morgan fingerprint density at radius 1 is 1.47 bits per heavy atom. The summed E-state index contributed by atoms with van der Waals surface area (Å²) in [6.45, 7) is 1.78. The molecule has 2 heterocycles. The molecule has 3 rings (SSSR count). The maximum atomic E-state index is 12.1. The van der Waals surface area contributed by atoms with Crippen LogP contribution in [-0.2, 0) is 0 Å². The molecule has 19 heavy (non-hydrogen) atoms. The molecule has 0 saturated carbocycles. The summed E-state index contributed by atoms with van der Waals surface area (Å²) in [6.07, 6.45) is 3.11. The molecule has 0 saturated heterocycles. The van der Waals surface area contributed by atoms with Crippen LogP contribution >= 0.6 is 0 Å². The van der Waals surface area contributed by atoms with Crippen molar-refractivity contribution >= 4 is 28.5 Å². The SMILES string of the molecule is Cc1coc(NC(=O)c2c[nH]c3ccc(N)cc23)n1. The first-order valence-electron chi connectivity index (χ1n) is 5.73. The average Bonchev–Trinajstić information content (AvgIpc) is 2.95. The average molecular weight is 256 g/mol. The van der Waals surface area contributed by atoms with E-state index in [1.165, 1.54) is 6.26 Å². The van der Waals surface area contributed by atoms with Crippen LogP contribution in [0, 0.1) is 6.92 Å². The van der Waals surface area contributed by atoms with E-state index in [2.05, 4.69) is 15.3 Å². The quantitative estimate of drug-likeness (QED) is 0.613. The largest absolute Gasteiger partial charge is 0.432 e. The van der Waals surface area contributed by atoms with Gasteiger partial charge in [0.05, 0.1) is 11.3 Å². The number of fused-ring (bicyclic) bond motifs is 1. The number of hydrogen-bond acceptors (Lipinski definition) is 4. The van der Waals surface area contributed by atoms with E-state index in [1.807, 2.05) is 6.07 Å². The molecule has 4 N–H and O–H groups in total. The zero-order valence-electron chi connectivity index (χ0n) is 10.2. The number of nitrogens with zero attached hydrogens (tertiary/aromatic N) is 1. The number of nitrogens with two attached hydrogens (primary N) is 1. The number of aromatic nitrogens is 2. The molecule has 0 aliphatic rings. The minimum Gasteiger partial charge on any atom is -0.432 e. The lowest BCUT2D eigenvalue weighted by atomic mass is 10.1. The van der Waals surface area contributed by atoms with Gasteiger partial charge in [0.2, 0.25) is 0 Å². The third-order valence-corrected chi connectivity index (χ3v) is 2.79. The second-order valence-electron chi connectivity index (χ2n) is 4.26. The molecule has 2 aromatic heterocycles. The van der Waals surface area contributed by atoms with Crippen molar-refractivity contribution in [1.82, 2.24) is 9.97 Å². The number of nitrogens with one attached hydrogen (secondary N) is 2. The third-order valence-electron chi connectivity index (χ3n) is 2.79. The number of carbonyl (C=O) groups is 1. The lowest BCUT2D eigenvalue weighted by Crippen LogP contribution is -2.11. The summed E-state index contributed by atoms with van der Waals surface area (Å²) in [5.41, 5.74) is 8.39. The number of aryl methyl sites for hydroxylation is 1. The van der Waals surface area contributed by atoms with Gasteiger partial charge in [-0.1, -0.05) is 0 Å². The Kier molecular flexibility index (Phi) is 2.49. The summed E-state index contributed by atoms with van der Waals surface area (Å²) in [6, 6.07) is 5.54. The fraction of sp³-hybridized carbons (Fsp3) is 0.0769. The van der Waals surface area contributed by atoms with Crippen molar-refractivity contribution in [2.24, 2.45) is 0 Å². The molecule has 0 unspecified atom stereocenters. The van der Waals surface area contributed by atoms with Gasteiger partial charge < -0.3 is 15.1 Å². The van der Waals surface area contributed by atoms with Crippen molar-refractivity contribution in [2.45, 2.75) is 6.92 Å². The fourth-order valence-electron chi connectivity index (χ4n) is 1.90. The molecule has 6 nitrogen and oxygen atoms in total. The normalized spacial score (nSPS) is 10.8. The van der Waals surface area contributed by atoms with Crippen LogP contribution < -0.4 is 11.1 Å². The predicted octanol–water partition coefficient (Wildman–Crippen LogP) is 2.30. The zero-order chi connectivity index (χ0) is 13.4. The molecule has 0 aliphatic heterocycles. The van der Waals surface area contributed by atoms with Gasteiger partial charge in [-0.05, 0) is 25.1 Å². The van der Waals surface area contributed by atoms with Crippen molar-refractivity contribution < 1.29 is 9.21 Å². The highest BCUT2D eigenvalue weighted by atomic mass is 16.4. The Morgan fingerprint density at radius 3 is 3.05 bits per heavy atom. The van der Waals surface area contributed by atoms with Gasteiger partial charge in [-0.15, -0.1) is 0 Å². The smallest absolute Gasteiger partial charge is 0.301 e. The van der Waals surface area contributed by atoms with E-state index in [-0.39, 0.29) is 11.9 Å². The van der Waals surface area contributed by atoms with Crippen molar-refractivity contribution in [3.8, 4) is 0 Å². The fourth-order valence-corrected chi connectivity index (χ4v) is 1.90. The molecule has 6 heteroatoms. The van der Waals surface area contributed by atoms with Crippen LogP contribution in [0.15, 0.2) is 35.1 Å². The van der Waals surface area contributed by atoms with Crippen molar-refractivity contribution in [3.63, 3.8) is 0 Å². The van der Waals surface area contributed by atoms with Crippen LogP contribution in [0.25, 0.3) is 10.9 Å². The number of benzene rings is 1. The summed E-state index contributed by atoms with van der Waals surface area (Å²) in [4.78, 5) is 19.2. The van der Waals surface area contributed by atoms with E-state index in [1.54, 1.807) is 25.3 Å². The predicted molar refractivity (Wildman–Crippen MR) is 71.9 cm³/mol. The van der Waals surface area contributed by atoms with Gasteiger partial charge in [0.25, 0.3) is 5.91 Å². The first kappa shape index (κ1) is 11.3. The number of anilines is 2. The lowest BCUT2D eigenvalue weighted by Gasteiger charge is -2.00. The topological polar surface area (TPSA) is 96.9 Å². The standard InChI is InChI=1S/C13H12N4O2/c1-7-6-19-13(16-7)17-12(18)10-5-15-11-3-2-8(14)4-9(10)11/h2-6,15H,14H2,1H3,(H,16,17,18). The number of H-pyrrole nitrogens is 1. The molecule has 1 amide bonds. The second-order valence-corrected chi connectivity index (χ2v) is 4.26. The number of nitrogen functional groups attached to an aromatic ring is 1. The highest BCUT2D eigenvalue weighted by molar-refractivity contribution is 6.12. The van der Waals surface area contributed by atoms with Crippen LogP contribution in [0.1, 0.15) is 16.1 Å². The third kappa shape index (κ3) is 2.03. The number of carbonyl (C=O) groups excluding carboxylic acids is 1. The molecule has 0 fully saturated rings. The number of hydrogen-bond donors (Lipinski definition) is 3. The van der Waals surface area contributed by atoms with Gasteiger partial charge in [0, 0.05) is 22.8 Å². The van der Waals surface area contributed by atoms with E-state index < -0.39 is 0 Å². The van der Waals surface area contributed by atoms with E-state index in [0.29, 0.717) is 16.9 Å². The number of rotatable bonds is 2. The van der Waals surface area contributed by atoms with Crippen molar-refractivity contribution in [3.05, 3.63) is 41.9 Å². The Labute approximate surface area is 108 Å². The van der Waals surface area contributed by atoms with Crippen LogP contribution in [0.4, 0.5) is 11.7 Å². The van der Waals surface area contributed by atoms with Crippen molar-refractivity contribution in [1.29, 1.82) is 0 Å². The minimum atomic E-state index is -0.293. The van der Waals surface area contributed by atoms with Gasteiger partial charge in [0.15, 0.2) is 0 Å². The van der Waals surface area contributed by atoms with Gasteiger partial charge in [-0.2, -0.15) is 4.98 Å². The Bertz CT molecular complexity index is 757. The number of oxazole rings is 1. The van der Waals surface area contributed by atoms with Crippen LogP contribution in [0.3, 0.4) is 0 Å². The van der Waals surface area contributed by atoms with Gasteiger partial charge >= 0.3 is 6.01 Å². The van der Waals surface area contributed by atoms with Crippen LogP contribution in [0.2, 0.25) is 0 Å². The van der Waals surface area contributed by atoms with E-state index in [0.717, 1.165) is 10.9 Å². The van der Waals surface area contributed by atoms with Crippen LogP contribution in [0.5, 0.6) is 0 Å².